The molecule has 0 bridgehead atoms. The van der Waals surface area contributed by atoms with Gasteiger partial charge in [0.2, 0.25) is 0 Å². The molecule has 156 valence electrons. The molecule has 0 radical (unpaired) electrons. The Kier molecular flexibility index (Phi) is 9.79. The molecule has 0 saturated carbocycles. The molecule has 29 heavy (non-hydrogen) atoms. The topological polar surface area (TPSA) is 52.6 Å². The third-order valence-electron chi connectivity index (χ3n) is 4.24. The zero-order chi connectivity index (χ0) is 21.2. The molecule has 0 aliphatic heterocycles. The lowest BCUT2D eigenvalue weighted by Crippen LogP contribution is -2.11. The van der Waals surface area contributed by atoms with Gasteiger partial charge in [0.15, 0.2) is 5.75 Å². The van der Waals surface area contributed by atoms with E-state index in [2.05, 4.69) is 6.92 Å². The molecular formula is C22H23Cl3O4. The van der Waals surface area contributed by atoms with E-state index in [1.807, 2.05) is 0 Å². The average Bonchev–Trinajstić information content (AvgIpc) is 2.71. The number of carbonyl (C=O) groups excluding carboxylic acids is 2. The van der Waals surface area contributed by atoms with E-state index in [1.54, 1.807) is 12.1 Å². The van der Waals surface area contributed by atoms with Crippen molar-refractivity contribution in [2.75, 3.05) is 6.61 Å². The van der Waals surface area contributed by atoms with E-state index < -0.39 is 11.9 Å². The van der Waals surface area contributed by atoms with Crippen LogP contribution in [0.5, 0.6) is 5.75 Å². The van der Waals surface area contributed by atoms with Crippen molar-refractivity contribution >= 4 is 46.7 Å². The summed E-state index contributed by atoms with van der Waals surface area (Å²) in [6.45, 7) is 2.53. The molecule has 2 aromatic rings. The first-order valence-corrected chi connectivity index (χ1v) is 10.7. The minimum Gasteiger partial charge on any atom is -0.462 e. The Labute approximate surface area is 186 Å². The molecule has 0 unspecified atom stereocenters. The molecule has 0 aromatic heterocycles. The third-order valence-corrected chi connectivity index (χ3v) is 5.26. The summed E-state index contributed by atoms with van der Waals surface area (Å²) in [6, 6.07) is 8.91. The van der Waals surface area contributed by atoms with E-state index in [-0.39, 0.29) is 31.9 Å². The summed E-state index contributed by atoms with van der Waals surface area (Å²) in [5.74, 6) is -1.06. The molecule has 0 amide bonds. The van der Waals surface area contributed by atoms with Crippen molar-refractivity contribution in [2.45, 2.75) is 45.4 Å². The summed E-state index contributed by atoms with van der Waals surface area (Å²) in [4.78, 5) is 24.6. The molecule has 0 spiro atoms. The Balaban J connectivity index is 1.92. The summed E-state index contributed by atoms with van der Waals surface area (Å²) < 4.78 is 10.6. The van der Waals surface area contributed by atoms with Crippen molar-refractivity contribution in [1.82, 2.24) is 0 Å². The van der Waals surface area contributed by atoms with Gasteiger partial charge in [-0.2, -0.15) is 0 Å². The van der Waals surface area contributed by atoms with Gasteiger partial charge in [0.25, 0.3) is 0 Å². The van der Waals surface area contributed by atoms with Gasteiger partial charge in [0.1, 0.15) is 0 Å². The zero-order valence-electron chi connectivity index (χ0n) is 16.2. The van der Waals surface area contributed by atoms with Gasteiger partial charge >= 0.3 is 11.9 Å². The lowest BCUT2D eigenvalue weighted by atomic mass is 10.1. The van der Waals surface area contributed by atoms with Crippen molar-refractivity contribution in [3.8, 4) is 5.75 Å². The van der Waals surface area contributed by atoms with Gasteiger partial charge < -0.3 is 9.47 Å². The van der Waals surface area contributed by atoms with Gasteiger partial charge in [-0.1, -0.05) is 79.9 Å². The van der Waals surface area contributed by atoms with Gasteiger partial charge in [0.05, 0.1) is 32.8 Å². The van der Waals surface area contributed by atoms with Crippen LogP contribution < -0.4 is 4.74 Å². The van der Waals surface area contributed by atoms with Crippen molar-refractivity contribution < 1.29 is 19.1 Å². The molecule has 0 N–H and O–H groups in total. The van der Waals surface area contributed by atoms with E-state index >= 15 is 0 Å². The smallest absolute Gasteiger partial charge is 0.343 e. The highest BCUT2D eigenvalue weighted by Crippen LogP contribution is 2.34. The lowest BCUT2D eigenvalue weighted by molar-refractivity contribution is 0.0497. The summed E-state index contributed by atoms with van der Waals surface area (Å²) in [5.41, 5.74) is 0.479. The highest BCUT2D eigenvalue weighted by Gasteiger charge is 2.16. The number of hydrogen-bond donors (Lipinski definition) is 0. The summed E-state index contributed by atoms with van der Waals surface area (Å²) in [6.07, 6.45) is 6.64. The van der Waals surface area contributed by atoms with Gasteiger partial charge in [0, 0.05) is 6.07 Å². The molecule has 4 nitrogen and oxygen atoms in total. The highest BCUT2D eigenvalue weighted by atomic mass is 35.5. The monoisotopic (exact) mass is 456 g/mol. The maximum Gasteiger partial charge on any atom is 0.343 e. The molecule has 0 saturated heterocycles. The number of esters is 2. The Morgan fingerprint density at radius 3 is 2.14 bits per heavy atom. The normalized spacial score (nSPS) is 10.6. The number of carbonyl (C=O) groups is 2. The standard InChI is InChI=1S/C22H23Cl3O4/c1-2-3-4-5-6-7-11-28-21(26)15-9-8-10-16(12-15)22(27)29-20-14-18(24)17(23)13-19(20)25/h8-10,12-14H,2-7,11H2,1H3. The largest absolute Gasteiger partial charge is 0.462 e. The van der Waals surface area contributed by atoms with Gasteiger partial charge in [-0.15, -0.1) is 0 Å². The minimum absolute atomic E-state index is 0.0853. The van der Waals surface area contributed by atoms with Crippen LogP contribution in [0.1, 0.15) is 66.2 Å². The maximum absolute atomic E-state index is 12.4. The molecule has 7 heteroatoms. The highest BCUT2D eigenvalue weighted by molar-refractivity contribution is 6.43. The fraction of sp³-hybridized carbons (Fsp3) is 0.364. The predicted molar refractivity (Wildman–Crippen MR) is 117 cm³/mol. The quantitative estimate of drug-likeness (QED) is 0.162. The minimum atomic E-state index is -0.670. The van der Waals surface area contributed by atoms with Crippen molar-refractivity contribution in [3.63, 3.8) is 0 Å². The molecule has 0 heterocycles. The third kappa shape index (κ3) is 7.54. The second kappa shape index (κ2) is 12.1. The van der Waals surface area contributed by atoms with E-state index in [1.165, 1.54) is 43.5 Å². The molecule has 0 aliphatic rings. The van der Waals surface area contributed by atoms with E-state index in [0.717, 1.165) is 19.3 Å². The van der Waals surface area contributed by atoms with E-state index in [0.29, 0.717) is 6.61 Å². The molecule has 2 aromatic carbocycles. The van der Waals surface area contributed by atoms with Crippen LogP contribution in [0, 0.1) is 0 Å². The van der Waals surface area contributed by atoms with Crippen LogP contribution in [-0.2, 0) is 4.74 Å². The number of halogens is 3. The van der Waals surface area contributed by atoms with Gasteiger partial charge in [-0.05, 0) is 30.7 Å². The van der Waals surface area contributed by atoms with E-state index in [4.69, 9.17) is 44.3 Å². The Bertz CT molecular complexity index is 852. The molecule has 0 aliphatic carbocycles. The van der Waals surface area contributed by atoms with Gasteiger partial charge in [-0.25, -0.2) is 9.59 Å². The van der Waals surface area contributed by atoms with Gasteiger partial charge in [-0.3, -0.25) is 0 Å². The molecule has 0 fully saturated rings. The Hall–Kier alpha value is -1.75. The first kappa shape index (κ1) is 23.5. The SMILES string of the molecule is CCCCCCCCOC(=O)c1cccc(C(=O)Oc2cc(Cl)c(Cl)cc2Cl)c1. The van der Waals surface area contributed by atoms with Crippen LogP contribution >= 0.6 is 34.8 Å². The summed E-state index contributed by atoms with van der Waals surface area (Å²) >= 11 is 17.8. The molecular weight excluding hydrogens is 435 g/mol. The zero-order valence-corrected chi connectivity index (χ0v) is 18.4. The number of rotatable bonds is 10. The van der Waals surface area contributed by atoms with Crippen molar-refractivity contribution in [2.24, 2.45) is 0 Å². The van der Waals surface area contributed by atoms with Crippen LogP contribution in [-0.4, -0.2) is 18.5 Å². The summed E-state index contributed by atoms with van der Waals surface area (Å²) in [7, 11) is 0. The fourth-order valence-electron chi connectivity index (χ4n) is 2.65. The van der Waals surface area contributed by atoms with Crippen molar-refractivity contribution in [1.29, 1.82) is 0 Å². The van der Waals surface area contributed by atoms with Crippen molar-refractivity contribution in [3.05, 3.63) is 62.6 Å². The first-order valence-electron chi connectivity index (χ1n) is 9.56. The Morgan fingerprint density at radius 2 is 1.41 bits per heavy atom. The second-order valence-corrected chi connectivity index (χ2v) is 7.79. The first-order chi connectivity index (χ1) is 13.9. The number of hydrogen-bond acceptors (Lipinski definition) is 4. The summed E-state index contributed by atoms with van der Waals surface area (Å²) in [5, 5.41) is 0.625. The lowest BCUT2D eigenvalue weighted by Gasteiger charge is -2.09. The number of benzene rings is 2. The van der Waals surface area contributed by atoms with Crippen LogP contribution in [0.15, 0.2) is 36.4 Å². The average molecular weight is 458 g/mol. The van der Waals surface area contributed by atoms with Crippen LogP contribution in [0.4, 0.5) is 0 Å². The number of ether oxygens (including phenoxy) is 2. The second-order valence-electron chi connectivity index (χ2n) is 6.57. The maximum atomic E-state index is 12.4. The van der Waals surface area contributed by atoms with Crippen LogP contribution in [0.25, 0.3) is 0 Å². The van der Waals surface area contributed by atoms with Crippen LogP contribution in [0.2, 0.25) is 15.1 Å². The fourth-order valence-corrected chi connectivity index (χ4v) is 3.22. The number of unbranched alkanes of at least 4 members (excludes halogenated alkanes) is 5. The predicted octanol–water partition coefficient (Wildman–Crippen LogP) is 7.38. The molecule has 2 rings (SSSR count). The molecule has 0 atom stereocenters. The van der Waals surface area contributed by atoms with E-state index in [9.17, 15) is 9.59 Å². The van der Waals surface area contributed by atoms with Crippen LogP contribution in [0.3, 0.4) is 0 Å². The Morgan fingerprint density at radius 1 is 0.793 bits per heavy atom.